The van der Waals surface area contributed by atoms with Crippen LogP contribution in [0.1, 0.15) is 22.3 Å². The summed E-state index contributed by atoms with van der Waals surface area (Å²) in [7, 11) is 0. The van der Waals surface area contributed by atoms with Gasteiger partial charge >= 0.3 is 0 Å². The average molecular weight is 322 g/mol. The molecule has 0 atom stereocenters. The first-order valence-electron chi connectivity index (χ1n) is 8.01. The Kier molecular flexibility index (Phi) is 4.23. The van der Waals surface area contributed by atoms with Crippen molar-refractivity contribution in [1.82, 2.24) is 0 Å². The van der Waals surface area contributed by atoms with Crippen molar-refractivity contribution in [3.63, 3.8) is 0 Å². The molecule has 0 spiro atoms. The highest BCUT2D eigenvalue weighted by Crippen LogP contribution is 2.31. The zero-order chi connectivity index (χ0) is 17.4. The van der Waals surface area contributed by atoms with E-state index in [4.69, 9.17) is 0 Å². The van der Waals surface area contributed by atoms with Crippen LogP contribution in [0.4, 0.5) is 8.78 Å². The number of hydrogen-bond donors (Lipinski definition) is 0. The third kappa shape index (κ3) is 2.96. The molecular weight excluding hydrogens is 302 g/mol. The normalized spacial score (nSPS) is 10.9. The maximum Gasteiger partial charge on any atom is 0.129 e. The van der Waals surface area contributed by atoms with E-state index in [-0.39, 0.29) is 5.56 Å². The Morgan fingerprint density at radius 2 is 1.12 bits per heavy atom. The zero-order valence-corrected chi connectivity index (χ0v) is 14.4. The molecule has 0 saturated carbocycles. The van der Waals surface area contributed by atoms with Crippen molar-refractivity contribution in [1.29, 1.82) is 0 Å². The molecule has 0 amide bonds. The van der Waals surface area contributed by atoms with Crippen molar-refractivity contribution in [2.75, 3.05) is 0 Å². The molecule has 2 heteroatoms. The molecule has 0 N–H and O–H groups in total. The zero-order valence-electron chi connectivity index (χ0n) is 14.4. The van der Waals surface area contributed by atoms with E-state index in [9.17, 15) is 8.78 Å². The highest BCUT2D eigenvalue weighted by molar-refractivity contribution is 5.75. The van der Waals surface area contributed by atoms with Gasteiger partial charge in [0.1, 0.15) is 11.6 Å². The smallest absolute Gasteiger partial charge is 0.129 e. The number of hydrogen-bond acceptors (Lipinski definition) is 0. The van der Waals surface area contributed by atoms with Crippen LogP contribution in [0.15, 0.2) is 48.5 Å². The fraction of sp³-hybridized carbons (Fsp3) is 0.182. The molecule has 122 valence electrons. The molecule has 0 heterocycles. The lowest BCUT2D eigenvalue weighted by Gasteiger charge is -2.12. The third-order valence-electron chi connectivity index (χ3n) is 4.51. The Balaban J connectivity index is 2.08. The molecule has 0 fully saturated rings. The van der Waals surface area contributed by atoms with E-state index >= 15 is 0 Å². The van der Waals surface area contributed by atoms with Crippen LogP contribution in [0.25, 0.3) is 22.3 Å². The van der Waals surface area contributed by atoms with Gasteiger partial charge in [0.2, 0.25) is 0 Å². The summed E-state index contributed by atoms with van der Waals surface area (Å²) in [6.07, 6.45) is 0. The van der Waals surface area contributed by atoms with E-state index in [0.29, 0.717) is 5.56 Å². The van der Waals surface area contributed by atoms with Crippen LogP contribution < -0.4 is 0 Å². The van der Waals surface area contributed by atoms with Crippen LogP contribution in [0.2, 0.25) is 0 Å². The molecule has 0 bridgehead atoms. The summed E-state index contributed by atoms with van der Waals surface area (Å²) >= 11 is 0. The van der Waals surface area contributed by atoms with Gasteiger partial charge in [0.15, 0.2) is 0 Å². The standard InChI is InChI=1S/C22H20F2/c1-13-5-7-19(14(2)9-13)17-6-8-20(15(3)10-17)18-11-21(23)16(4)22(24)12-18/h5-12H,1-4H3. The minimum absolute atomic E-state index is 0.0586. The number of rotatable bonds is 2. The molecule has 0 aromatic heterocycles. The van der Waals surface area contributed by atoms with Gasteiger partial charge in [-0.3, -0.25) is 0 Å². The maximum absolute atomic E-state index is 13.9. The lowest BCUT2D eigenvalue weighted by molar-refractivity contribution is 0.569. The van der Waals surface area contributed by atoms with Crippen LogP contribution in [-0.2, 0) is 0 Å². The third-order valence-corrected chi connectivity index (χ3v) is 4.51. The monoisotopic (exact) mass is 322 g/mol. The summed E-state index contributed by atoms with van der Waals surface area (Å²) in [4.78, 5) is 0. The summed E-state index contributed by atoms with van der Waals surface area (Å²) in [5, 5.41) is 0. The van der Waals surface area contributed by atoms with Gasteiger partial charge in [-0.1, -0.05) is 42.0 Å². The SMILES string of the molecule is Cc1ccc(-c2ccc(-c3cc(F)c(C)c(F)c3)c(C)c2)c(C)c1. The van der Waals surface area contributed by atoms with Gasteiger partial charge in [0, 0.05) is 5.56 Å². The van der Waals surface area contributed by atoms with Crippen LogP contribution in [0, 0.1) is 39.3 Å². The van der Waals surface area contributed by atoms with Crippen LogP contribution in [0.3, 0.4) is 0 Å². The van der Waals surface area contributed by atoms with E-state index in [0.717, 1.165) is 16.7 Å². The highest BCUT2D eigenvalue weighted by atomic mass is 19.1. The molecule has 0 saturated heterocycles. The molecule has 3 rings (SSSR count). The first kappa shape index (κ1) is 16.4. The second kappa shape index (κ2) is 6.20. The fourth-order valence-electron chi connectivity index (χ4n) is 3.09. The van der Waals surface area contributed by atoms with E-state index in [1.807, 2.05) is 19.1 Å². The summed E-state index contributed by atoms with van der Waals surface area (Å²) in [6.45, 7) is 7.59. The van der Waals surface area contributed by atoms with E-state index in [2.05, 4.69) is 38.1 Å². The van der Waals surface area contributed by atoms with Gasteiger partial charge in [0.05, 0.1) is 0 Å². The van der Waals surface area contributed by atoms with Crippen molar-refractivity contribution in [3.8, 4) is 22.3 Å². The Labute approximate surface area is 141 Å². The Bertz CT molecular complexity index is 900. The van der Waals surface area contributed by atoms with Crippen LogP contribution in [0.5, 0.6) is 0 Å². The van der Waals surface area contributed by atoms with Crippen molar-refractivity contribution >= 4 is 0 Å². The number of halogens is 2. The quantitative estimate of drug-likeness (QED) is 0.503. The maximum atomic E-state index is 13.9. The molecular formula is C22H20F2. The van der Waals surface area contributed by atoms with Gasteiger partial charge in [0.25, 0.3) is 0 Å². The lowest BCUT2D eigenvalue weighted by atomic mass is 9.93. The van der Waals surface area contributed by atoms with Gasteiger partial charge in [-0.2, -0.15) is 0 Å². The summed E-state index contributed by atoms with van der Waals surface area (Å²) in [6, 6.07) is 15.2. The van der Waals surface area contributed by atoms with Crippen molar-refractivity contribution < 1.29 is 8.78 Å². The lowest BCUT2D eigenvalue weighted by Crippen LogP contribution is -1.93. The topological polar surface area (TPSA) is 0 Å². The number of benzene rings is 3. The molecule has 24 heavy (non-hydrogen) atoms. The Morgan fingerprint density at radius 1 is 0.583 bits per heavy atom. The van der Waals surface area contributed by atoms with Gasteiger partial charge in [-0.25, -0.2) is 8.78 Å². The Hall–Kier alpha value is -2.48. The molecule has 0 unspecified atom stereocenters. The molecule has 3 aromatic rings. The molecule has 0 aliphatic heterocycles. The summed E-state index contributed by atoms with van der Waals surface area (Å²) < 4.78 is 27.7. The van der Waals surface area contributed by atoms with Crippen molar-refractivity contribution in [2.24, 2.45) is 0 Å². The minimum atomic E-state index is -0.511. The van der Waals surface area contributed by atoms with Crippen molar-refractivity contribution in [3.05, 3.63) is 82.4 Å². The second-order valence-corrected chi connectivity index (χ2v) is 6.41. The largest absolute Gasteiger partial charge is 0.207 e. The number of aryl methyl sites for hydroxylation is 3. The van der Waals surface area contributed by atoms with Crippen LogP contribution in [-0.4, -0.2) is 0 Å². The molecule has 0 aliphatic carbocycles. The molecule has 0 aliphatic rings. The summed E-state index contributed by atoms with van der Waals surface area (Å²) in [5.74, 6) is -1.02. The first-order chi connectivity index (χ1) is 11.4. The van der Waals surface area contributed by atoms with Crippen molar-refractivity contribution in [2.45, 2.75) is 27.7 Å². The van der Waals surface area contributed by atoms with E-state index < -0.39 is 11.6 Å². The predicted octanol–water partition coefficient (Wildman–Crippen LogP) is 6.53. The molecule has 3 aromatic carbocycles. The van der Waals surface area contributed by atoms with Crippen LogP contribution >= 0.6 is 0 Å². The van der Waals surface area contributed by atoms with E-state index in [1.54, 1.807) is 0 Å². The van der Waals surface area contributed by atoms with Gasteiger partial charge in [-0.05, 0) is 73.2 Å². The minimum Gasteiger partial charge on any atom is -0.207 e. The summed E-state index contributed by atoms with van der Waals surface area (Å²) in [5.41, 5.74) is 7.21. The first-order valence-corrected chi connectivity index (χ1v) is 8.01. The Morgan fingerprint density at radius 3 is 1.71 bits per heavy atom. The molecule has 0 nitrogen and oxygen atoms in total. The average Bonchev–Trinajstić information content (AvgIpc) is 2.52. The molecule has 0 radical (unpaired) electrons. The van der Waals surface area contributed by atoms with Gasteiger partial charge in [-0.15, -0.1) is 0 Å². The van der Waals surface area contributed by atoms with E-state index in [1.165, 1.54) is 35.7 Å². The van der Waals surface area contributed by atoms with Gasteiger partial charge < -0.3 is 0 Å². The fourth-order valence-corrected chi connectivity index (χ4v) is 3.09. The second-order valence-electron chi connectivity index (χ2n) is 6.41. The predicted molar refractivity (Wildman–Crippen MR) is 96.2 cm³/mol. The highest BCUT2D eigenvalue weighted by Gasteiger charge is 2.11.